The Kier molecular flexibility index (Phi) is 3.35. The Morgan fingerprint density at radius 3 is 2.95 bits per heavy atom. The minimum atomic E-state index is 0.177. The molecule has 0 saturated carbocycles. The number of nitrogens with zero attached hydrogens (tertiary/aromatic N) is 2. The van der Waals surface area contributed by atoms with Crippen LogP contribution in [0.1, 0.15) is 39.0 Å². The molecule has 1 aromatic carbocycles. The van der Waals surface area contributed by atoms with E-state index in [1.165, 1.54) is 0 Å². The molecule has 1 aromatic heterocycles. The lowest BCUT2D eigenvalue weighted by atomic mass is 9.85. The topological polar surface area (TPSA) is 72.4 Å². The third-order valence-electron chi connectivity index (χ3n) is 4.25. The predicted molar refractivity (Wildman–Crippen MR) is 81.5 cm³/mol. The minimum Gasteiger partial charge on any atom is -0.439 e. The standard InChI is InChI=1S/C16H21N3O2/c1-16(2)7-6-14(20)19(9-8-16)10-13-18-15-11(17)4-3-5-12(15)21-13/h3-5H,6-10,17H2,1-2H3. The number of hydrogen-bond acceptors (Lipinski definition) is 4. The monoisotopic (exact) mass is 287 g/mol. The summed E-state index contributed by atoms with van der Waals surface area (Å²) < 4.78 is 5.71. The third kappa shape index (κ3) is 2.86. The van der Waals surface area contributed by atoms with Gasteiger partial charge in [0.2, 0.25) is 11.8 Å². The second-order valence-corrected chi connectivity index (χ2v) is 6.53. The molecule has 0 unspecified atom stereocenters. The van der Waals surface area contributed by atoms with E-state index in [-0.39, 0.29) is 11.3 Å². The quantitative estimate of drug-likeness (QED) is 0.862. The highest BCUT2D eigenvalue weighted by Crippen LogP contribution is 2.31. The summed E-state index contributed by atoms with van der Waals surface area (Å²) >= 11 is 0. The smallest absolute Gasteiger partial charge is 0.223 e. The van der Waals surface area contributed by atoms with Crippen molar-refractivity contribution in [3.63, 3.8) is 0 Å². The molecule has 1 amide bonds. The van der Waals surface area contributed by atoms with Crippen LogP contribution in [-0.4, -0.2) is 22.3 Å². The number of nitrogens with two attached hydrogens (primary N) is 1. The van der Waals surface area contributed by atoms with Crippen molar-refractivity contribution in [3.05, 3.63) is 24.1 Å². The molecule has 0 atom stereocenters. The van der Waals surface area contributed by atoms with Crippen molar-refractivity contribution in [1.82, 2.24) is 9.88 Å². The van der Waals surface area contributed by atoms with Gasteiger partial charge < -0.3 is 15.1 Å². The molecule has 0 spiro atoms. The molecule has 0 aliphatic carbocycles. The molecule has 1 aliphatic heterocycles. The van der Waals surface area contributed by atoms with E-state index < -0.39 is 0 Å². The average Bonchev–Trinajstić information content (AvgIpc) is 2.80. The van der Waals surface area contributed by atoms with Crippen LogP contribution in [0.15, 0.2) is 22.6 Å². The van der Waals surface area contributed by atoms with Gasteiger partial charge in [0, 0.05) is 13.0 Å². The molecule has 2 heterocycles. The molecule has 21 heavy (non-hydrogen) atoms. The maximum absolute atomic E-state index is 12.2. The van der Waals surface area contributed by atoms with Crippen molar-refractivity contribution >= 4 is 22.7 Å². The highest BCUT2D eigenvalue weighted by atomic mass is 16.3. The van der Waals surface area contributed by atoms with Gasteiger partial charge >= 0.3 is 0 Å². The van der Waals surface area contributed by atoms with Crippen LogP contribution >= 0.6 is 0 Å². The van der Waals surface area contributed by atoms with E-state index in [4.69, 9.17) is 10.2 Å². The van der Waals surface area contributed by atoms with E-state index in [0.29, 0.717) is 35.6 Å². The van der Waals surface area contributed by atoms with Crippen molar-refractivity contribution in [1.29, 1.82) is 0 Å². The molecule has 112 valence electrons. The maximum Gasteiger partial charge on any atom is 0.223 e. The molecule has 3 rings (SSSR count). The number of benzene rings is 1. The normalized spacial score (nSPS) is 19.0. The number of anilines is 1. The van der Waals surface area contributed by atoms with E-state index in [1.54, 1.807) is 6.07 Å². The number of fused-ring (bicyclic) bond motifs is 1. The second kappa shape index (κ2) is 5.06. The first kappa shape index (κ1) is 13.9. The number of carbonyl (C=O) groups is 1. The highest BCUT2D eigenvalue weighted by Gasteiger charge is 2.28. The van der Waals surface area contributed by atoms with Crippen LogP contribution < -0.4 is 5.73 Å². The number of amides is 1. The molecular weight excluding hydrogens is 266 g/mol. The molecule has 5 heteroatoms. The van der Waals surface area contributed by atoms with Gasteiger partial charge in [-0.2, -0.15) is 0 Å². The van der Waals surface area contributed by atoms with E-state index >= 15 is 0 Å². The molecule has 2 N–H and O–H groups in total. The first-order valence-electron chi connectivity index (χ1n) is 7.36. The number of oxazole rings is 1. The zero-order chi connectivity index (χ0) is 15.0. The number of likely N-dealkylation sites (tertiary alicyclic amines) is 1. The Balaban J connectivity index is 1.81. The van der Waals surface area contributed by atoms with Gasteiger partial charge in [0.05, 0.1) is 12.2 Å². The van der Waals surface area contributed by atoms with Gasteiger partial charge in [-0.15, -0.1) is 0 Å². The number of aromatic nitrogens is 1. The van der Waals surface area contributed by atoms with Crippen LogP contribution in [0.4, 0.5) is 5.69 Å². The first-order valence-corrected chi connectivity index (χ1v) is 7.36. The summed E-state index contributed by atoms with van der Waals surface area (Å²) in [7, 11) is 0. The zero-order valence-electron chi connectivity index (χ0n) is 12.6. The number of carbonyl (C=O) groups excluding carboxylic acids is 1. The number of nitrogen functional groups attached to an aromatic ring is 1. The van der Waals surface area contributed by atoms with Crippen LogP contribution in [-0.2, 0) is 11.3 Å². The fourth-order valence-corrected chi connectivity index (χ4v) is 2.70. The van der Waals surface area contributed by atoms with E-state index in [9.17, 15) is 4.79 Å². The molecule has 1 saturated heterocycles. The molecular formula is C16H21N3O2. The first-order chi connectivity index (χ1) is 9.94. The van der Waals surface area contributed by atoms with Crippen molar-refractivity contribution in [3.8, 4) is 0 Å². The predicted octanol–water partition coefficient (Wildman–Crippen LogP) is 2.95. The summed E-state index contributed by atoms with van der Waals surface area (Å²) in [5.74, 6) is 0.728. The van der Waals surface area contributed by atoms with E-state index in [1.807, 2.05) is 17.0 Å². The molecule has 1 fully saturated rings. The number of hydrogen-bond donors (Lipinski definition) is 1. The Morgan fingerprint density at radius 2 is 2.19 bits per heavy atom. The number of rotatable bonds is 2. The highest BCUT2D eigenvalue weighted by molar-refractivity contribution is 5.85. The maximum atomic E-state index is 12.2. The van der Waals surface area contributed by atoms with Gasteiger partial charge in [0.25, 0.3) is 0 Å². The van der Waals surface area contributed by atoms with Crippen molar-refractivity contribution in [2.24, 2.45) is 5.41 Å². The summed E-state index contributed by atoms with van der Waals surface area (Å²) in [5.41, 5.74) is 8.06. The van der Waals surface area contributed by atoms with Crippen molar-refractivity contribution in [2.75, 3.05) is 12.3 Å². The van der Waals surface area contributed by atoms with Crippen molar-refractivity contribution in [2.45, 2.75) is 39.7 Å². The lowest BCUT2D eigenvalue weighted by Crippen LogP contribution is -2.30. The summed E-state index contributed by atoms with van der Waals surface area (Å²) in [5, 5.41) is 0. The molecule has 1 aliphatic rings. The van der Waals surface area contributed by atoms with Gasteiger partial charge in [0.1, 0.15) is 5.52 Å². The van der Waals surface area contributed by atoms with Crippen molar-refractivity contribution < 1.29 is 9.21 Å². The average molecular weight is 287 g/mol. The Hall–Kier alpha value is -2.04. The Bertz CT molecular complexity index is 675. The van der Waals surface area contributed by atoms with Gasteiger partial charge in [-0.3, -0.25) is 4.79 Å². The minimum absolute atomic E-state index is 0.177. The van der Waals surface area contributed by atoms with Crippen LogP contribution in [0.25, 0.3) is 11.1 Å². The Labute approximate surface area is 124 Å². The molecule has 0 bridgehead atoms. The second-order valence-electron chi connectivity index (χ2n) is 6.53. The van der Waals surface area contributed by atoms with Gasteiger partial charge in [-0.1, -0.05) is 19.9 Å². The third-order valence-corrected chi connectivity index (χ3v) is 4.25. The lowest BCUT2D eigenvalue weighted by Gasteiger charge is -2.22. The molecule has 2 aromatic rings. The van der Waals surface area contributed by atoms with Crippen LogP contribution in [0, 0.1) is 5.41 Å². The lowest BCUT2D eigenvalue weighted by molar-refractivity contribution is -0.131. The SMILES string of the molecule is CC1(C)CCC(=O)N(Cc2nc3c(N)cccc3o2)CC1. The van der Waals surface area contributed by atoms with Crippen LogP contribution in [0.3, 0.4) is 0 Å². The van der Waals surface area contributed by atoms with Crippen LogP contribution in [0.5, 0.6) is 0 Å². The van der Waals surface area contributed by atoms with Gasteiger partial charge in [-0.25, -0.2) is 4.98 Å². The molecule has 0 radical (unpaired) electrons. The molecule has 5 nitrogen and oxygen atoms in total. The van der Waals surface area contributed by atoms with Gasteiger partial charge in [0.15, 0.2) is 5.58 Å². The summed E-state index contributed by atoms with van der Waals surface area (Å²) in [4.78, 5) is 18.5. The van der Waals surface area contributed by atoms with Gasteiger partial charge in [-0.05, 0) is 30.4 Å². The summed E-state index contributed by atoms with van der Waals surface area (Å²) in [6.45, 7) is 5.59. The zero-order valence-corrected chi connectivity index (χ0v) is 12.6. The number of para-hydroxylation sites is 1. The fraction of sp³-hybridized carbons (Fsp3) is 0.500. The largest absolute Gasteiger partial charge is 0.439 e. The fourth-order valence-electron chi connectivity index (χ4n) is 2.70. The van der Waals surface area contributed by atoms with E-state index in [2.05, 4.69) is 18.8 Å². The summed E-state index contributed by atoms with van der Waals surface area (Å²) in [6, 6.07) is 5.48. The van der Waals surface area contributed by atoms with E-state index in [0.717, 1.165) is 19.4 Å². The summed E-state index contributed by atoms with van der Waals surface area (Å²) in [6.07, 6.45) is 2.53. The Morgan fingerprint density at radius 1 is 1.38 bits per heavy atom. The van der Waals surface area contributed by atoms with Crippen LogP contribution in [0.2, 0.25) is 0 Å².